The summed E-state index contributed by atoms with van der Waals surface area (Å²) in [5.74, 6) is -7.80. The van der Waals surface area contributed by atoms with Gasteiger partial charge in [-0.1, -0.05) is 6.07 Å². The smallest absolute Gasteiger partial charge is 0.317 e. The molecule has 44 heavy (non-hydrogen) atoms. The minimum atomic E-state index is -2.03. The van der Waals surface area contributed by atoms with Crippen molar-refractivity contribution in [1.82, 2.24) is 0 Å². The third-order valence-corrected chi connectivity index (χ3v) is 6.36. The van der Waals surface area contributed by atoms with Gasteiger partial charge < -0.3 is 64.5 Å². The van der Waals surface area contributed by atoms with Crippen LogP contribution in [0.4, 0.5) is 0 Å². The molecule has 0 amide bonds. The number of phenolic OH excluding ortho intramolecular Hbond substituents is 4. The fraction of sp³-hybridized carbons (Fsp3) is 0.333. The number of hydrogen-bond donors (Lipinski definition) is 8. The second-order valence-corrected chi connectivity index (χ2v) is 9.59. The molecule has 0 spiro atoms. The van der Waals surface area contributed by atoms with Crippen LogP contribution in [-0.4, -0.2) is 102 Å². The molecule has 0 bridgehead atoms. The molecule has 2 aromatic rings. The molecule has 8 N–H and O–H groups in total. The average molecular weight is 622 g/mol. The lowest BCUT2D eigenvalue weighted by Crippen LogP contribution is -2.60. The van der Waals surface area contributed by atoms with Crippen LogP contribution in [0.2, 0.25) is 0 Å². The van der Waals surface area contributed by atoms with E-state index in [0.717, 1.165) is 24.3 Å². The van der Waals surface area contributed by atoms with Gasteiger partial charge in [0, 0.05) is 17.7 Å². The van der Waals surface area contributed by atoms with Gasteiger partial charge >= 0.3 is 23.9 Å². The van der Waals surface area contributed by atoms with Gasteiger partial charge in [-0.05, 0) is 18.2 Å². The van der Waals surface area contributed by atoms with Crippen molar-refractivity contribution in [1.29, 1.82) is 0 Å². The van der Waals surface area contributed by atoms with Gasteiger partial charge in [0.25, 0.3) is 0 Å². The second kappa shape index (κ2) is 12.9. The Balaban J connectivity index is 1.69. The summed E-state index contributed by atoms with van der Waals surface area (Å²) in [4.78, 5) is 45.7. The molecule has 2 aliphatic heterocycles. The quantitative estimate of drug-likeness (QED) is 0.0971. The highest BCUT2D eigenvalue weighted by Crippen LogP contribution is 2.45. The molecule has 0 aliphatic carbocycles. The maximum Gasteiger partial charge on any atom is 0.317 e. The first-order valence-corrected chi connectivity index (χ1v) is 12.7. The van der Waals surface area contributed by atoms with Crippen LogP contribution in [0.3, 0.4) is 0 Å². The van der Waals surface area contributed by atoms with Crippen LogP contribution in [0.1, 0.15) is 30.1 Å². The van der Waals surface area contributed by atoms with Gasteiger partial charge in [0.1, 0.15) is 54.7 Å². The number of hydrogen-bond acceptors (Lipinski definition) is 15. The fourth-order valence-electron chi connectivity index (χ4n) is 4.35. The van der Waals surface area contributed by atoms with Crippen LogP contribution in [-0.2, 0) is 38.1 Å². The summed E-state index contributed by atoms with van der Waals surface area (Å²) >= 11 is 0. The number of carboxylic acids is 2. The molecule has 6 unspecified atom stereocenters. The molecule has 0 saturated carbocycles. The number of carboxylic acid groups (broad SMARTS) is 2. The number of esters is 2. The zero-order chi connectivity index (χ0) is 32.3. The first kappa shape index (κ1) is 31.7. The number of ether oxygens (including phenoxy) is 5. The van der Waals surface area contributed by atoms with E-state index in [-0.39, 0.29) is 28.4 Å². The van der Waals surface area contributed by atoms with Gasteiger partial charge in [-0.3, -0.25) is 19.2 Å². The average Bonchev–Trinajstić information content (AvgIpc) is 2.92. The van der Waals surface area contributed by atoms with Crippen LogP contribution in [0.5, 0.6) is 28.7 Å². The molecule has 17 nitrogen and oxygen atoms in total. The van der Waals surface area contributed by atoms with E-state index in [1.807, 2.05) is 0 Å². The topological polar surface area (TPSA) is 276 Å². The lowest BCUT2D eigenvalue weighted by molar-refractivity contribution is -0.297. The third kappa shape index (κ3) is 7.20. The number of fused-ring (bicyclic) bond motifs is 1. The van der Waals surface area contributed by atoms with Crippen LogP contribution >= 0.6 is 0 Å². The van der Waals surface area contributed by atoms with E-state index in [1.54, 1.807) is 0 Å². The monoisotopic (exact) mass is 622 g/mol. The molecular formula is C27H26O17. The summed E-state index contributed by atoms with van der Waals surface area (Å²) in [6, 6.07) is 5.71. The van der Waals surface area contributed by atoms with Crippen molar-refractivity contribution in [3.05, 3.63) is 47.2 Å². The second-order valence-electron chi connectivity index (χ2n) is 9.59. The molecule has 6 atom stereocenters. The van der Waals surface area contributed by atoms with E-state index in [9.17, 15) is 49.8 Å². The van der Waals surface area contributed by atoms with E-state index >= 15 is 0 Å². The Morgan fingerprint density at radius 1 is 0.818 bits per heavy atom. The van der Waals surface area contributed by atoms with Crippen LogP contribution in [0.15, 0.2) is 36.1 Å². The number of aliphatic hydroxyl groups excluding tert-OH is 2. The largest absolute Gasteiger partial charge is 0.508 e. The molecule has 17 heteroatoms. The predicted molar refractivity (Wildman–Crippen MR) is 138 cm³/mol. The molecule has 2 aromatic carbocycles. The highest BCUT2D eigenvalue weighted by atomic mass is 16.7. The minimum absolute atomic E-state index is 0.00836. The number of carbonyl (C=O) groups is 4. The Labute approximate surface area is 246 Å². The fourth-order valence-corrected chi connectivity index (χ4v) is 4.35. The van der Waals surface area contributed by atoms with Crippen molar-refractivity contribution < 1.29 is 83.7 Å². The number of phenols is 4. The predicted octanol–water partition coefficient (Wildman–Crippen LogP) is -0.149. The number of aliphatic carboxylic acids is 2. The maximum atomic E-state index is 12.1. The number of rotatable bonds is 10. The van der Waals surface area contributed by atoms with Crippen molar-refractivity contribution >= 4 is 30.0 Å². The highest BCUT2D eigenvalue weighted by Gasteiger charge is 2.49. The van der Waals surface area contributed by atoms with Gasteiger partial charge in [0.2, 0.25) is 6.29 Å². The Hall–Kier alpha value is -5.26. The summed E-state index contributed by atoms with van der Waals surface area (Å²) in [7, 11) is 0. The van der Waals surface area contributed by atoms with E-state index in [4.69, 9.17) is 33.9 Å². The molecule has 1 saturated heterocycles. The van der Waals surface area contributed by atoms with Crippen LogP contribution in [0, 0.1) is 0 Å². The Bertz CT molecular complexity index is 1480. The summed E-state index contributed by atoms with van der Waals surface area (Å²) in [6.07, 6.45) is -11.7. The molecule has 236 valence electrons. The van der Waals surface area contributed by atoms with Crippen molar-refractivity contribution in [2.45, 2.75) is 49.7 Å². The van der Waals surface area contributed by atoms with Crippen molar-refractivity contribution in [2.75, 3.05) is 6.61 Å². The normalized spacial score (nSPS) is 24.2. The van der Waals surface area contributed by atoms with Gasteiger partial charge in [0.15, 0.2) is 29.8 Å². The van der Waals surface area contributed by atoms with Crippen molar-refractivity contribution in [3.63, 3.8) is 0 Å². The van der Waals surface area contributed by atoms with Gasteiger partial charge in [-0.25, -0.2) is 0 Å². The van der Waals surface area contributed by atoms with Crippen LogP contribution in [0.25, 0.3) is 6.08 Å². The highest BCUT2D eigenvalue weighted by molar-refractivity contribution is 5.90. The van der Waals surface area contributed by atoms with Crippen LogP contribution < -0.4 is 4.74 Å². The van der Waals surface area contributed by atoms with Crippen molar-refractivity contribution in [2.24, 2.45) is 0 Å². The van der Waals surface area contributed by atoms with Crippen molar-refractivity contribution in [3.8, 4) is 28.7 Å². The maximum absolute atomic E-state index is 12.1. The van der Waals surface area contributed by atoms with E-state index < -0.39 is 97.4 Å². The lowest BCUT2D eigenvalue weighted by Gasteiger charge is -2.42. The zero-order valence-electron chi connectivity index (χ0n) is 22.3. The number of carbonyl (C=O) groups excluding carboxylic acids is 2. The molecule has 0 radical (unpaired) electrons. The first-order chi connectivity index (χ1) is 20.7. The number of benzene rings is 2. The Morgan fingerprint density at radius 2 is 1.50 bits per heavy atom. The van der Waals surface area contributed by atoms with E-state index in [0.29, 0.717) is 0 Å². The summed E-state index contributed by atoms with van der Waals surface area (Å²) in [5, 5.41) is 79.6. The standard InChI is InChI=1S/C27H26O17/c28-11-4-14(30)12-6-17(25(41-16(12)5-11)10-1-2-13(29)15(31)3-10)42-27-24(39)26(44-22(37)8-20(34)35)23(38)18(43-27)9-40-21(36)7-19(32)33/h1-6,18,23-31,38-39H,7-9H2,(H,32,33)(H,34,35). The molecule has 2 heterocycles. The number of aliphatic hydroxyl groups is 2. The first-order valence-electron chi connectivity index (χ1n) is 12.7. The SMILES string of the molecule is O=C(O)CC(=O)OCC1OC(OC2=Cc3c(O)cc(O)cc3OC2c2ccc(O)c(O)c2)C(O)C(OC(=O)CC(=O)O)C1O. The van der Waals surface area contributed by atoms with Gasteiger partial charge in [-0.15, -0.1) is 0 Å². The summed E-state index contributed by atoms with van der Waals surface area (Å²) in [6.45, 7) is -0.819. The summed E-state index contributed by atoms with van der Waals surface area (Å²) in [5.41, 5.74) is 0.139. The summed E-state index contributed by atoms with van der Waals surface area (Å²) < 4.78 is 27.1. The molecule has 1 fully saturated rings. The Kier molecular flexibility index (Phi) is 9.32. The molecule has 4 rings (SSSR count). The molecule has 2 aliphatic rings. The lowest BCUT2D eigenvalue weighted by atomic mass is 9.98. The zero-order valence-corrected chi connectivity index (χ0v) is 22.3. The van der Waals surface area contributed by atoms with E-state index in [2.05, 4.69) is 0 Å². The molecule has 0 aromatic heterocycles. The Morgan fingerprint density at radius 3 is 2.16 bits per heavy atom. The van der Waals surface area contributed by atoms with E-state index in [1.165, 1.54) is 12.1 Å². The minimum Gasteiger partial charge on any atom is -0.508 e. The van der Waals surface area contributed by atoms with Gasteiger partial charge in [-0.2, -0.15) is 0 Å². The van der Waals surface area contributed by atoms with Gasteiger partial charge in [0.05, 0.1) is 5.56 Å². The third-order valence-electron chi connectivity index (χ3n) is 6.36. The molecular weight excluding hydrogens is 596 g/mol. The number of aromatic hydroxyl groups is 4.